The average Bonchev–Trinajstić information content (AvgIpc) is 2.63. The Labute approximate surface area is 166 Å². The van der Waals surface area contributed by atoms with Crippen LogP contribution in [0.1, 0.15) is 51.7 Å². The number of aliphatic hydroxyl groups is 1. The quantitative estimate of drug-likeness (QED) is 0.387. The molecule has 0 fully saturated rings. The van der Waals surface area contributed by atoms with Gasteiger partial charge in [0, 0.05) is 26.2 Å². The van der Waals surface area contributed by atoms with Gasteiger partial charge in [-0.2, -0.15) is 0 Å². The summed E-state index contributed by atoms with van der Waals surface area (Å²) in [6, 6.07) is 8.67. The standard InChI is InChI=1S/C22H40N4O/c1-6-23-22(25-16-20(11-12-27)13-18(3)4)24-15-19-9-8-10-21(14-19)17-26(5)7-2/h8-10,14,18,20,27H,6-7,11-13,15-17H2,1-5H3,(H2,23,24,25). The summed E-state index contributed by atoms with van der Waals surface area (Å²) in [7, 11) is 2.14. The second-order valence-electron chi connectivity index (χ2n) is 7.73. The van der Waals surface area contributed by atoms with Gasteiger partial charge in [0.1, 0.15) is 0 Å². The topological polar surface area (TPSA) is 59.9 Å². The van der Waals surface area contributed by atoms with Gasteiger partial charge in [0.25, 0.3) is 0 Å². The molecule has 0 aromatic heterocycles. The number of nitrogens with zero attached hydrogens (tertiary/aromatic N) is 2. The minimum atomic E-state index is 0.242. The van der Waals surface area contributed by atoms with Gasteiger partial charge in [-0.05, 0) is 56.3 Å². The van der Waals surface area contributed by atoms with Gasteiger partial charge in [-0.1, -0.05) is 45.0 Å². The fourth-order valence-corrected chi connectivity index (χ4v) is 3.16. The molecule has 5 heteroatoms. The highest BCUT2D eigenvalue weighted by Crippen LogP contribution is 2.14. The monoisotopic (exact) mass is 376 g/mol. The van der Waals surface area contributed by atoms with Crippen LogP contribution in [-0.4, -0.2) is 49.3 Å². The van der Waals surface area contributed by atoms with E-state index in [0.29, 0.717) is 18.4 Å². The first-order valence-corrected chi connectivity index (χ1v) is 10.4. The van der Waals surface area contributed by atoms with E-state index in [1.807, 2.05) is 0 Å². The largest absolute Gasteiger partial charge is 0.396 e. The van der Waals surface area contributed by atoms with Crippen LogP contribution in [0.5, 0.6) is 0 Å². The summed E-state index contributed by atoms with van der Waals surface area (Å²) in [5, 5.41) is 16.1. The Balaban J connectivity index is 2.68. The number of nitrogens with one attached hydrogen (secondary N) is 2. The third-order valence-electron chi connectivity index (χ3n) is 4.65. The predicted molar refractivity (Wildman–Crippen MR) is 116 cm³/mol. The number of guanidine groups is 1. The lowest BCUT2D eigenvalue weighted by Crippen LogP contribution is -2.40. The van der Waals surface area contributed by atoms with Crippen molar-refractivity contribution in [3.05, 3.63) is 35.4 Å². The highest BCUT2D eigenvalue weighted by atomic mass is 16.3. The van der Waals surface area contributed by atoms with Crippen molar-refractivity contribution in [3.63, 3.8) is 0 Å². The molecule has 0 spiro atoms. The molecule has 0 amide bonds. The maximum absolute atomic E-state index is 9.30. The van der Waals surface area contributed by atoms with Gasteiger partial charge in [0.15, 0.2) is 5.96 Å². The second kappa shape index (κ2) is 13.6. The molecule has 3 N–H and O–H groups in total. The van der Waals surface area contributed by atoms with Gasteiger partial charge in [0.2, 0.25) is 0 Å². The van der Waals surface area contributed by atoms with Gasteiger partial charge < -0.3 is 20.6 Å². The molecule has 1 unspecified atom stereocenters. The molecule has 1 atom stereocenters. The smallest absolute Gasteiger partial charge is 0.191 e. The molecule has 27 heavy (non-hydrogen) atoms. The number of aliphatic imine (C=N–C) groups is 1. The fourth-order valence-electron chi connectivity index (χ4n) is 3.16. The molecule has 154 valence electrons. The van der Waals surface area contributed by atoms with Crippen molar-refractivity contribution in [1.82, 2.24) is 15.5 Å². The Morgan fingerprint density at radius 3 is 2.56 bits per heavy atom. The van der Waals surface area contributed by atoms with Crippen molar-refractivity contribution >= 4 is 5.96 Å². The molecule has 0 saturated carbocycles. The Kier molecular flexibility index (Phi) is 11.8. The van der Waals surface area contributed by atoms with Crippen molar-refractivity contribution < 1.29 is 5.11 Å². The molecule has 0 heterocycles. The maximum Gasteiger partial charge on any atom is 0.191 e. The lowest BCUT2D eigenvalue weighted by molar-refractivity contribution is 0.243. The summed E-state index contributed by atoms with van der Waals surface area (Å²) in [6.07, 6.45) is 1.94. The molecule has 5 nitrogen and oxygen atoms in total. The van der Waals surface area contributed by atoms with E-state index in [-0.39, 0.29) is 6.61 Å². The summed E-state index contributed by atoms with van der Waals surface area (Å²) in [4.78, 5) is 7.05. The van der Waals surface area contributed by atoms with Crippen molar-refractivity contribution in [2.75, 3.05) is 33.3 Å². The van der Waals surface area contributed by atoms with Crippen molar-refractivity contribution in [1.29, 1.82) is 0 Å². The fraction of sp³-hybridized carbons (Fsp3) is 0.682. The summed E-state index contributed by atoms with van der Waals surface area (Å²) in [5.74, 6) is 1.94. The zero-order chi connectivity index (χ0) is 20.1. The van der Waals surface area contributed by atoms with Crippen molar-refractivity contribution in [2.45, 2.75) is 53.6 Å². The highest BCUT2D eigenvalue weighted by molar-refractivity contribution is 5.79. The van der Waals surface area contributed by atoms with E-state index in [1.165, 1.54) is 11.1 Å². The Morgan fingerprint density at radius 1 is 1.19 bits per heavy atom. The van der Waals surface area contributed by atoms with Gasteiger partial charge in [-0.15, -0.1) is 0 Å². The molecule has 0 radical (unpaired) electrons. The summed E-state index contributed by atoms with van der Waals surface area (Å²) >= 11 is 0. The number of hydrogen-bond donors (Lipinski definition) is 3. The third-order valence-corrected chi connectivity index (χ3v) is 4.65. The lowest BCUT2D eigenvalue weighted by atomic mass is 9.94. The van der Waals surface area contributed by atoms with Crippen molar-refractivity contribution in [2.24, 2.45) is 16.8 Å². The van der Waals surface area contributed by atoms with E-state index in [0.717, 1.165) is 45.0 Å². The number of benzene rings is 1. The van der Waals surface area contributed by atoms with E-state index >= 15 is 0 Å². The normalized spacial score (nSPS) is 13.3. The van der Waals surface area contributed by atoms with Crippen LogP contribution in [0.2, 0.25) is 0 Å². The molecule has 1 aromatic rings. The molecule has 0 saturated heterocycles. The third kappa shape index (κ3) is 10.4. The van der Waals surface area contributed by atoms with Crippen LogP contribution in [0.4, 0.5) is 0 Å². The lowest BCUT2D eigenvalue weighted by Gasteiger charge is -2.20. The minimum Gasteiger partial charge on any atom is -0.396 e. The van der Waals surface area contributed by atoms with E-state index < -0.39 is 0 Å². The minimum absolute atomic E-state index is 0.242. The van der Waals surface area contributed by atoms with Gasteiger partial charge in [-0.3, -0.25) is 0 Å². The Bertz CT molecular complexity index is 545. The number of rotatable bonds is 12. The first kappa shape index (κ1) is 23.4. The van der Waals surface area contributed by atoms with Crippen LogP contribution in [0.3, 0.4) is 0 Å². The Hall–Kier alpha value is -1.59. The summed E-state index contributed by atoms with van der Waals surface area (Å²) < 4.78 is 0. The first-order valence-electron chi connectivity index (χ1n) is 10.4. The molecule has 0 aliphatic heterocycles. The highest BCUT2D eigenvalue weighted by Gasteiger charge is 2.11. The van der Waals surface area contributed by atoms with Crippen molar-refractivity contribution in [3.8, 4) is 0 Å². The van der Waals surface area contributed by atoms with E-state index in [2.05, 4.69) is 74.5 Å². The predicted octanol–water partition coefficient (Wildman–Crippen LogP) is 3.24. The number of aliphatic hydroxyl groups excluding tert-OH is 1. The zero-order valence-electron chi connectivity index (χ0n) is 18.0. The SMILES string of the molecule is CCNC(=NCc1cccc(CN(C)CC)c1)NCC(CCO)CC(C)C. The van der Waals surface area contributed by atoms with Crippen LogP contribution < -0.4 is 10.6 Å². The van der Waals surface area contributed by atoms with Crippen LogP contribution >= 0.6 is 0 Å². The molecule has 1 rings (SSSR count). The van der Waals surface area contributed by atoms with Crippen LogP contribution in [0.15, 0.2) is 29.3 Å². The average molecular weight is 377 g/mol. The van der Waals surface area contributed by atoms with E-state index in [9.17, 15) is 5.11 Å². The summed E-state index contributed by atoms with van der Waals surface area (Å²) in [6.45, 7) is 13.3. The first-order chi connectivity index (χ1) is 13.0. The molecular formula is C22H40N4O. The molecule has 0 bridgehead atoms. The van der Waals surface area contributed by atoms with E-state index in [4.69, 9.17) is 4.99 Å². The zero-order valence-corrected chi connectivity index (χ0v) is 18.0. The maximum atomic E-state index is 9.30. The molecule has 0 aliphatic rings. The van der Waals surface area contributed by atoms with Crippen LogP contribution in [0, 0.1) is 11.8 Å². The van der Waals surface area contributed by atoms with Gasteiger partial charge in [0.05, 0.1) is 6.54 Å². The Morgan fingerprint density at radius 2 is 1.93 bits per heavy atom. The van der Waals surface area contributed by atoms with E-state index in [1.54, 1.807) is 0 Å². The molecule has 1 aromatic carbocycles. The van der Waals surface area contributed by atoms with Crippen LogP contribution in [0.25, 0.3) is 0 Å². The molecule has 0 aliphatic carbocycles. The van der Waals surface area contributed by atoms with Crippen LogP contribution in [-0.2, 0) is 13.1 Å². The summed E-state index contributed by atoms with van der Waals surface area (Å²) in [5.41, 5.74) is 2.55. The number of hydrogen-bond acceptors (Lipinski definition) is 3. The van der Waals surface area contributed by atoms with Gasteiger partial charge in [-0.25, -0.2) is 4.99 Å². The second-order valence-corrected chi connectivity index (χ2v) is 7.73. The molecular weight excluding hydrogens is 336 g/mol. The van der Waals surface area contributed by atoms with Gasteiger partial charge >= 0.3 is 0 Å².